The number of hydrogen-bond donors (Lipinski definition) is 0. The molecule has 138 valence electrons. The van der Waals surface area contributed by atoms with Crippen LogP contribution in [0.15, 0.2) is 47.4 Å². The molecular formula is C21H20N2O4. The maximum absolute atomic E-state index is 12.9. The van der Waals surface area contributed by atoms with Gasteiger partial charge in [0.15, 0.2) is 0 Å². The van der Waals surface area contributed by atoms with Gasteiger partial charge in [0.2, 0.25) is 0 Å². The first kappa shape index (κ1) is 18.4. The van der Waals surface area contributed by atoms with Gasteiger partial charge < -0.3 is 9.47 Å². The number of carbonyl (C=O) groups excluding carboxylic acids is 1. The van der Waals surface area contributed by atoms with Crippen LogP contribution in [0, 0.1) is 0 Å². The minimum absolute atomic E-state index is 0.196. The summed E-state index contributed by atoms with van der Waals surface area (Å²) < 4.78 is 11.3. The molecule has 0 aliphatic rings. The zero-order valence-electron chi connectivity index (χ0n) is 15.4. The Kier molecular flexibility index (Phi) is 5.35. The molecule has 0 aliphatic carbocycles. The van der Waals surface area contributed by atoms with Crippen LogP contribution in [0.25, 0.3) is 17.8 Å². The summed E-state index contributed by atoms with van der Waals surface area (Å²) >= 11 is 0. The normalized spacial score (nSPS) is 11.1. The molecule has 0 atom stereocenters. The Morgan fingerprint density at radius 1 is 1.19 bits per heavy atom. The van der Waals surface area contributed by atoms with Crippen LogP contribution >= 0.6 is 0 Å². The molecular weight excluding hydrogens is 344 g/mol. The lowest BCUT2D eigenvalue weighted by atomic mass is 10.1. The fourth-order valence-electron chi connectivity index (χ4n) is 2.82. The molecule has 0 N–H and O–H groups in total. The van der Waals surface area contributed by atoms with Crippen molar-refractivity contribution < 1.29 is 14.3 Å². The lowest BCUT2D eigenvalue weighted by Gasteiger charge is -2.08. The number of aromatic nitrogens is 2. The minimum atomic E-state index is -0.496. The molecule has 0 fully saturated rings. The average Bonchev–Trinajstić information content (AvgIpc) is 2.71. The molecule has 0 saturated heterocycles. The predicted molar refractivity (Wildman–Crippen MR) is 104 cm³/mol. The maximum Gasteiger partial charge on any atom is 0.339 e. The quantitative estimate of drug-likeness (QED) is 0.650. The number of hydrogen-bond acceptors (Lipinski definition) is 5. The summed E-state index contributed by atoms with van der Waals surface area (Å²) in [6.07, 6.45) is 5.70. The van der Waals surface area contributed by atoms with E-state index in [9.17, 15) is 9.59 Å². The third-order valence-corrected chi connectivity index (χ3v) is 4.25. The van der Waals surface area contributed by atoms with Crippen molar-refractivity contribution in [1.82, 2.24) is 9.38 Å². The van der Waals surface area contributed by atoms with E-state index in [1.54, 1.807) is 19.2 Å². The van der Waals surface area contributed by atoms with Crippen molar-refractivity contribution in [2.24, 2.45) is 0 Å². The summed E-state index contributed by atoms with van der Waals surface area (Å²) in [6, 6.07) is 10.8. The highest BCUT2D eigenvalue weighted by Gasteiger charge is 2.12. The van der Waals surface area contributed by atoms with Crippen LogP contribution in [0.1, 0.15) is 34.1 Å². The number of rotatable bonds is 5. The van der Waals surface area contributed by atoms with E-state index in [-0.39, 0.29) is 5.56 Å². The first-order valence-corrected chi connectivity index (χ1v) is 8.53. The van der Waals surface area contributed by atoms with Crippen LogP contribution in [0.5, 0.6) is 5.75 Å². The second kappa shape index (κ2) is 7.86. The van der Waals surface area contributed by atoms with Gasteiger partial charge in [-0.15, -0.1) is 0 Å². The highest BCUT2D eigenvalue weighted by atomic mass is 16.5. The molecule has 0 radical (unpaired) electrons. The van der Waals surface area contributed by atoms with E-state index in [0.29, 0.717) is 28.9 Å². The molecule has 3 rings (SSSR count). The largest absolute Gasteiger partial charge is 0.497 e. The van der Waals surface area contributed by atoms with E-state index in [0.717, 1.165) is 11.3 Å². The second-order valence-electron chi connectivity index (χ2n) is 5.88. The second-order valence-corrected chi connectivity index (χ2v) is 5.88. The standard InChI is InChI=1S/C21H20N2O4/c1-4-17-18(10-8-14-6-5-7-16(12-14)26-2)22-19-11-9-15(21(25)27-3)13-23(19)20(17)24/h5-13H,4H2,1-3H3/b10-8+. The van der Waals surface area contributed by atoms with Crippen LogP contribution in [0.4, 0.5) is 0 Å². The molecule has 0 spiro atoms. The number of ether oxygens (including phenoxy) is 2. The molecule has 2 heterocycles. The number of esters is 1. The summed E-state index contributed by atoms with van der Waals surface area (Å²) in [6.45, 7) is 1.90. The summed E-state index contributed by atoms with van der Waals surface area (Å²) in [5, 5.41) is 0. The fraction of sp³-hybridized carbons (Fsp3) is 0.190. The molecule has 1 aromatic carbocycles. The van der Waals surface area contributed by atoms with Crippen molar-refractivity contribution in [3.63, 3.8) is 0 Å². The van der Waals surface area contributed by atoms with Crippen molar-refractivity contribution in [2.45, 2.75) is 13.3 Å². The summed E-state index contributed by atoms with van der Waals surface area (Å²) in [5.41, 5.74) is 2.70. The van der Waals surface area contributed by atoms with Gasteiger partial charge in [-0.25, -0.2) is 9.78 Å². The van der Waals surface area contributed by atoms with Crippen LogP contribution in [0.2, 0.25) is 0 Å². The van der Waals surface area contributed by atoms with Gasteiger partial charge in [0.1, 0.15) is 11.4 Å². The van der Waals surface area contributed by atoms with Crippen molar-refractivity contribution in [3.05, 3.63) is 75.3 Å². The van der Waals surface area contributed by atoms with E-state index in [1.807, 2.05) is 43.3 Å². The Labute approximate surface area is 156 Å². The van der Waals surface area contributed by atoms with Gasteiger partial charge in [-0.05, 0) is 42.3 Å². The Hall–Kier alpha value is -3.41. The van der Waals surface area contributed by atoms with Crippen molar-refractivity contribution in [1.29, 1.82) is 0 Å². The van der Waals surface area contributed by atoms with Crippen LogP contribution in [-0.4, -0.2) is 29.6 Å². The lowest BCUT2D eigenvalue weighted by molar-refractivity contribution is 0.0600. The number of pyridine rings is 1. The van der Waals surface area contributed by atoms with E-state index < -0.39 is 5.97 Å². The van der Waals surface area contributed by atoms with Crippen LogP contribution in [0.3, 0.4) is 0 Å². The monoisotopic (exact) mass is 364 g/mol. The number of fused-ring (bicyclic) bond motifs is 1. The van der Waals surface area contributed by atoms with Crippen molar-refractivity contribution >= 4 is 23.8 Å². The molecule has 0 aliphatic heterocycles. The number of benzene rings is 1. The Bertz CT molecular complexity index is 1080. The van der Waals surface area contributed by atoms with Gasteiger partial charge in [-0.1, -0.05) is 25.1 Å². The molecule has 2 aromatic heterocycles. The van der Waals surface area contributed by atoms with Gasteiger partial charge in [-0.3, -0.25) is 9.20 Å². The SMILES string of the molecule is CCc1c(/C=C/c2cccc(OC)c2)nc2ccc(C(=O)OC)cn2c1=O. The lowest BCUT2D eigenvalue weighted by Crippen LogP contribution is -2.22. The first-order valence-electron chi connectivity index (χ1n) is 8.53. The van der Waals surface area contributed by atoms with Gasteiger partial charge in [0.25, 0.3) is 5.56 Å². The third kappa shape index (κ3) is 3.74. The van der Waals surface area contributed by atoms with Gasteiger partial charge in [0.05, 0.1) is 25.5 Å². The number of nitrogens with zero attached hydrogens (tertiary/aromatic N) is 2. The van der Waals surface area contributed by atoms with Gasteiger partial charge >= 0.3 is 5.97 Å². The molecule has 0 saturated carbocycles. The predicted octanol–water partition coefficient (Wildman–Crippen LogP) is 3.22. The Morgan fingerprint density at radius 3 is 2.70 bits per heavy atom. The van der Waals surface area contributed by atoms with Crippen molar-refractivity contribution in [3.8, 4) is 5.75 Å². The molecule has 0 unspecified atom stereocenters. The van der Waals surface area contributed by atoms with Crippen LogP contribution < -0.4 is 10.3 Å². The zero-order chi connectivity index (χ0) is 19.4. The molecule has 6 heteroatoms. The average molecular weight is 364 g/mol. The summed E-state index contributed by atoms with van der Waals surface area (Å²) in [4.78, 5) is 29.2. The maximum atomic E-state index is 12.9. The number of carbonyl (C=O) groups is 1. The third-order valence-electron chi connectivity index (χ3n) is 4.25. The van der Waals surface area contributed by atoms with E-state index in [2.05, 4.69) is 4.98 Å². The van der Waals surface area contributed by atoms with Crippen LogP contribution in [-0.2, 0) is 11.2 Å². The highest BCUT2D eigenvalue weighted by molar-refractivity contribution is 5.89. The summed E-state index contributed by atoms with van der Waals surface area (Å²) in [5.74, 6) is 0.263. The topological polar surface area (TPSA) is 69.9 Å². The van der Waals surface area contributed by atoms with Gasteiger partial charge in [0, 0.05) is 11.8 Å². The van der Waals surface area contributed by atoms with E-state index >= 15 is 0 Å². The highest BCUT2D eigenvalue weighted by Crippen LogP contribution is 2.16. The fourth-order valence-corrected chi connectivity index (χ4v) is 2.82. The molecule has 6 nitrogen and oxygen atoms in total. The molecule has 3 aromatic rings. The van der Waals surface area contributed by atoms with E-state index in [1.165, 1.54) is 17.7 Å². The van der Waals surface area contributed by atoms with Crippen molar-refractivity contribution in [2.75, 3.05) is 14.2 Å². The Morgan fingerprint density at radius 2 is 2.00 bits per heavy atom. The smallest absolute Gasteiger partial charge is 0.339 e. The zero-order valence-corrected chi connectivity index (χ0v) is 15.4. The van der Waals surface area contributed by atoms with Gasteiger partial charge in [-0.2, -0.15) is 0 Å². The molecule has 0 amide bonds. The first-order chi connectivity index (χ1) is 13.1. The summed E-state index contributed by atoms with van der Waals surface area (Å²) in [7, 11) is 2.92. The number of methoxy groups -OCH3 is 2. The molecule has 0 bridgehead atoms. The molecule has 27 heavy (non-hydrogen) atoms. The Balaban J connectivity index is 2.09. The minimum Gasteiger partial charge on any atom is -0.497 e. The van der Waals surface area contributed by atoms with E-state index in [4.69, 9.17) is 9.47 Å².